The highest BCUT2D eigenvalue weighted by molar-refractivity contribution is 6.05. The lowest BCUT2D eigenvalue weighted by molar-refractivity contribution is -0.139. The highest BCUT2D eigenvalue weighted by Gasteiger charge is 2.48. The number of likely N-dealkylation sites (tertiary alicyclic amines) is 1. The van der Waals surface area contributed by atoms with Crippen molar-refractivity contribution in [2.45, 2.75) is 48.0 Å². The third kappa shape index (κ3) is 3.01. The smallest absolute Gasteiger partial charge is 0.233 e. The number of carbonyl (C=O) groups excluding carboxylic acids is 2. The van der Waals surface area contributed by atoms with E-state index < -0.39 is 0 Å². The maximum Gasteiger partial charge on any atom is 0.233 e. The van der Waals surface area contributed by atoms with Crippen LogP contribution in [0.5, 0.6) is 0 Å². The number of rotatable bonds is 1. The SMILES string of the molecule is CC.CC.CCN1C(=O)C2CC=CC(C)C2C1=O. The molecule has 3 atom stereocenters. The van der Waals surface area contributed by atoms with Crippen molar-refractivity contribution >= 4 is 11.8 Å². The molecule has 2 aliphatic rings. The summed E-state index contributed by atoms with van der Waals surface area (Å²) in [5, 5.41) is 0. The van der Waals surface area contributed by atoms with E-state index in [-0.39, 0.29) is 29.6 Å². The minimum Gasteiger partial charge on any atom is -0.282 e. The van der Waals surface area contributed by atoms with Gasteiger partial charge in [0.15, 0.2) is 0 Å². The van der Waals surface area contributed by atoms with Crippen molar-refractivity contribution in [1.29, 1.82) is 0 Å². The quantitative estimate of drug-likeness (QED) is 0.531. The van der Waals surface area contributed by atoms with Crippen LogP contribution in [0.2, 0.25) is 0 Å². The first-order valence-electron chi connectivity index (χ1n) is 7.18. The normalized spacial score (nSPS) is 29.0. The van der Waals surface area contributed by atoms with Gasteiger partial charge in [0.25, 0.3) is 0 Å². The Morgan fingerprint density at radius 1 is 1.17 bits per heavy atom. The zero-order valence-corrected chi connectivity index (χ0v) is 12.6. The predicted octanol–water partition coefficient (Wildman–Crippen LogP) is 3.26. The number of hydrogen-bond donors (Lipinski definition) is 0. The monoisotopic (exact) mass is 253 g/mol. The van der Waals surface area contributed by atoms with Crippen LogP contribution in [0.3, 0.4) is 0 Å². The van der Waals surface area contributed by atoms with Crippen LogP contribution in [0.4, 0.5) is 0 Å². The zero-order valence-electron chi connectivity index (χ0n) is 12.6. The van der Waals surface area contributed by atoms with Crippen LogP contribution in [-0.4, -0.2) is 23.3 Å². The van der Waals surface area contributed by atoms with Gasteiger partial charge in [-0.2, -0.15) is 0 Å². The molecule has 104 valence electrons. The van der Waals surface area contributed by atoms with Gasteiger partial charge in [-0.3, -0.25) is 14.5 Å². The molecule has 0 N–H and O–H groups in total. The highest BCUT2D eigenvalue weighted by atomic mass is 16.2. The second kappa shape index (κ2) is 8.06. The van der Waals surface area contributed by atoms with Gasteiger partial charge in [0.05, 0.1) is 11.8 Å². The number of amides is 2. The largest absolute Gasteiger partial charge is 0.282 e. The summed E-state index contributed by atoms with van der Waals surface area (Å²) in [5.74, 6) is 0.0923. The summed E-state index contributed by atoms with van der Waals surface area (Å²) in [5.41, 5.74) is 0. The first-order chi connectivity index (χ1) is 8.66. The van der Waals surface area contributed by atoms with Crippen LogP contribution in [-0.2, 0) is 9.59 Å². The summed E-state index contributed by atoms with van der Waals surface area (Å²) in [6.07, 6.45) is 4.80. The molecule has 1 fully saturated rings. The molecule has 0 aromatic carbocycles. The number of hydrogen-bond acceptors (Lipinski definition) is 2. The number of imide groups is 1. The van der Waals surface area contributed by atoms with E-state index in [0.29, 0.717) is 6.54 Å². The van der Waals surface area contributed by atoms with Crippen molar-refractivity contribution in [2.75, 3.05) is 6.54 Å². The first-order valence-corrected chi connectivity index (χ1v) is 7.18. The second-order valence-corrected chi connectivity index (χ2v) is 4.08. The lowest BCUT2D eigenvalue weighted by Gasteiger charge is -2.22. The van der Waals surface area contributed by atoms with E-state index in [0.717, 1.165) is 6.42 Å². The lowest BCUT2D eigenvalue weighted by Crippen LogP contribution is -2.31. The minimum absolute atomic E-state index is 0.0266. The molecule has 0 aromatic heterocycles. The average Bonchev–Trinajstić information content (AvgIpc) is 2.67. The van der Waals surface area contributed by atoms with Gasteiger partial charge < -0.3 is 0 Å². The maximum absolute atomic E-state index is 11.9. The molecule has 18 heavy (non-hydrogen) atoms. The molecule has 1 aliphatic heterocycles. The van der Waals surface area contributed by atoms with Gasteiger partial charge in [-0.25, -0.2) is 0 Å². The molecule has 3 heteroatoms. The first kappa shape index (κ1) is 16.9. The summed E-state index contributed by atoms with van der Waals surface area (Å²) in [4.78, 5) is 25.1. The predicted molar refractivity (Wildman–Crippen MR) is 75.0 cm³/mol. The minimum atomic E-state index is -0.0903. The van der Waals surface area contributed by atoms with Crippen LogP contribution in [0, 0.1) is 17.8 Å². The Balaban J connectivity index is 0.000000659. The van der Waals surface area contributed by atoms with Gasteiger partial charge in [-0.1, -0.05) is 46.8 Å². The van der Waals surface area contributed by atoms with Crippen molar-refractivity contribution in [3.8, 4) is 0 Å². The standard InChI is InChI=1S/C11H15NO2.2C2H6/c1-3-12-10(13)8-6-4-5-7(2)9(8)11(12)14;2*1-2/h4-5,7-9H,3,6H2,1-2H3;2*1-2H3. The van der Waals surface area contributed by atoms with Crippen LogP contribution in [0.1, 0.15) is 48.0 Å². The Bertz CT molecular complexity index is 310. The molecule has 1 aliphatic carbocycles. The number of allylic oxidation sites excluding steroid dienone is 2. The van der Waals surface area contributed by atoms with Gasteiger partial charge in [-0.15, -0.1) is 0 Å². The molecule has 1 heterocycles. The van der Waals surface area contributed by atoms with Gasteiger partial charge >= 0.3 is 0 Å². The van der Waals surface area contributed by atoms with Crippen LogP contribution >= 0.6 is 0 Å². The fourth-order valence-corrected chi connectivity index (χ4v) is 2.52. The molecular weight excluding hydrogens is 226 g/mol. The topological polar surface area (TPSA) is 37.4 Å². The summed E-state index contributed by atoms with van der Waals surface area (Å²) < 4.78 is 0. The van der Waals surface area contributed by atoms with Crippen LogP contribution in [0.15, 0.2) is 12.2 Å². The molecule has 0 aromatic rings. The molecule has 0 radical (unpaired) electrons. The van der Waals surface area contributed by atoms with Crippen molar-refractivity contribution in [2.24, 2.45) is 17.8 Å². The molecular formula is C15H27NO2. The van der Waals surface area contributed by atoms with Crippen molar-refractivity contribution in [3.05, 3.63) is 12.2 Å². The van der Waals surface area contributed by atoms with Crippen LogP contribution < -0.4 is 0 Å². The van der Waals surface area contributed by atoms with Gasteiger partial charge in [0.2, 0.25) is 11.8 Å². The Morgan fingerprint density at radius 3 is 2.17 bits per heavy atom. The molecule has 1 saturated heterocycles. The third-order valence-corrected chi connectivity index (χ3v) is 3.28. The summed E-state index contributed by atoms with van der Waals surface area (Å²) in [7, 11) is 0. The van der Waals surface area contributed by atoms with E-state index in [2.05, 4.69) is 0 Å². The zero-order chi connectivity index (χ0) is 14.3. The molecule has 0 saturated carbocycles. The number of carbonyl (C=O) groups is 2. The lowest BCUT2D eigenvalue weighted by atomic mass is 9.78. The summed E-state index contributed by atoms with van der Waals surface area (Å²) >= 11 is 0. The summed E-state index contributed by atoms with van der Waals surface area (Å²) in [6.45, 7) is 12.4. The highest BCUT2D eigenvalue weighted by Crippen LogP contribution is 2.37. The van der Waals surface area contributed by atoms with E-state index in [9.17, 15) is 9.59 Å². The third-order valence-electron chi connectivity index (χ3n) is 3.28. The van der Waals surface area contributed by atoms with E-state index in [1.165, 1.54) is 4.90 Å². The average molecular weight is 253 g/mol. The van der Waals surface area contributed by atoms with Crippen molar-refractivity contribution in [1.82, 2.24) is 4.90 Å². The molecule has 0 spiro atoms. The second-order valence-electron chi connectivity index (χ2n) is 4.08. The van der Waals surface area contributed by atoms with Gasteiger partial charge in [0, 0.05) is 6.54 Å². The Labute approximate surface area is 111 Å². The Morgan fingerprint density at radius 2 is 1.72 bits per heavy atom. The summed E-state index contributed by atoms with van der Waals surface area (Å²) in [6, 6.07) is 0. The fraction of sp³-hybridized carbons (Fsp3) is 0.733. The maximum atomic E-state index is 11.9. The Kier molecular flexibility index (Phi) is 7.56. The molecule has 3 nitrogen and oxygen atoms in total. The van der Waals surface area contributed by atoms with E-state index in [4.69, 9.17) is 0 Å². The van der Waals surface area contributed by atoms with Crippen molar-refractivity contribution < 1.29 is 9.59 Å². The van der Waals surface area contributed by atoms with Gasteiger partial charge in [0.1, 0.15) is 0 Å². The molecule has 2 rings (SSSR count). The van der Waals surface area contributed by atoms with Gasteiger partial charge in [-0.05, 0) is 19.3 Å². The molecule has 0 bridgehead atoms. The van der Waals surface area contributed by atoms with Crippen molar-refractivity contribution in [3.63, 3.8) is 0 Å². The number of fused-ring (bicyclic) bond motifs is 1. The van der Waals surface area contributed by atoms with E-state index in [1.54, 1.807) is 0 Å². The molecule has 3 unspecified atom stereocenters. The fourth-order valence-electron chi connectivity index (χ4n) is 2.52. The molecule has 2 amide bonds. The Hall–Kier alpha value is -1.12. The number of nitrogens with zero attached hydrogens (tertiary/aromatic N) is 1. The van der Waals surface area contributed by atoms with E-state index >= 15 is 0 Å². The van der Waals surface area contributed by atoms with E-state index in [1.807, 2.05) is 53.7 Å². The van der Waals surface area contributed by atoms with Crippen LogP contribution in [0.25, 0.3) is 0 Å².